The van der Waals surface area contributed by atoms with Crippen LogP contribution in [0.25, 0.3) is 0 Å². The summed E-state index contributed by atoms with van der Waals surface area (Å²) in [5.41, 5.74) is 0.418. The summed E-state index contributed by atoms with van der Waals surface area (Å²) in [4.78, 5) is 19.5. The van der Waals surface area contributed by atoms with Crippen LogP contribution in [0.1, 0.15) is 59.7 Å². The van der Waals surface area contributed by atoms with Crippen LogP contribution in [0, 0.1) is 5.41 Å². The van der Waals surface area contributed by atoms with Gasteiger partial charge >= 0.3 is 5.69 Å². The zero-order valence-electron chi connectivity index (χ0n) is 17.0. The summed E-state index contributed by atoms with van der Waals surface area (Å²) in [6, 6.07) is 0. The molecule has 0 amide bonds. The number of guanidine groups is 1. The summed E-state index contributed by atoms with van der Waals surface area (Å²) in [6.45, 7) is 15.3. The summed E-state index contributed by atoms with van der Waals surface area (Å²) in [5.74, 6) is 1.93. The summed E-state index contributed by atoms with van der Waals surface area (Å²) in [7, 11) is 0. The predicted molar refractivity (Wildman–Crippen MR) is 105 cm³/mol. The second kappa shape index (κ2) is 7.08. The molecule has 0 saturated carbocycles. The SMILES string of the molecule is CCNC(=NCCCn1nc2n(c1=O)CCCC2)N1CC(C)(C)C1(C)C. The highest BCUT2D eigenvalue weighted by Crippen LogP contribution is 2.46. The van der Waals surface area contributed by atoms with Gasteiger partial charge in [0.2, 0.25) is 0 Å². The largest absolute Gasteiger partial charge is 0.356 e. The molecule has 146 valence electrons. The van der Waals surface area contributed by atoms with Crippen LogP contribution in [-0.2, 0) is 19.5 Å². The van der Waals surface area contributed by atoms with Crippen LogP contribution in [0.4, 0.5) is 0 Å². The Morgan fingerprint density at radius 2 is 2.04 bits per heavy atom. The van der Waals surface area contributed by atoms with Crippen molar-refractivity contribution in [3.05, 3.63) is 16.3 Å². The number of aryl methyl sites for hydroxylation is 2. The predicted octanol–water partition coefficient (Wildman–Crippen LogP) is 1.86. The number of aliphatic imine (C=N–C) groups is 1. The maximum Gasteiger partial charge on any atom is 0.345 e. The molecule has 1 aromatic heterocycles. The molecule has 0 radical (unpaired) electrons. The van der Waals surface area contributed by atoms with Crippen molar-refractivity contribution in [2.75, 3.05) is 19.6 Å². The van der Waals surface area contributed by atoms with Gasteiger partial charge in [0.25, 0.3) is 0 Å². The molecule has 0 atom stereocenters. The Morgan fingerprint density at radius 3 is 2.65 bits per heavy atom. The van der Waals surface area contributed by atoms with Crippen LogP contribution in [0.15, 0.2) is 9.79 Å². The molecule has 0 unspecified atom stereocenters. The van der Waals surface area contributed by atoms with Crippen molar-refractivity contribution in [2.45, 2.75) is 78.9 Å². The van der Waals surface area contributed by atoms with Crippen LogP contribution in [-0.4, -0.2) is 50.4 Å². The molecule has 3 rings (SSSR count). The number of fused-ring (bicyclic) bond motifs is 1. The molecule has 2 aliphatic heterocycles. The second-order valence-electron chi connectivity index (χ2n) is 8.65. The highest BCUT2D eigenvalue weighted by atomic mass is 16.2. The maximum atomic E-state index is 12.4. The zero-order chi connectivity index (χ0) is 18.9. The number of nitrogens with one attached hydrogen (secondary N) is 1. The number of hydrogen-bond acceptors (Lipinski definition) is 3. The summed E-state index contributed by atoms with van der Waals surface area (Å²) < 4.78 is 3.46. The normalized spacial score (nSPS) is 21.3. The van der Waals surface area contributed by atoms with Crippen LogP contribution in [0.2, 0.25) is 0 Å². The Bertz CT molecular complexity index is 727. The average molecular weight is 363 g/mol. The first-order valence-electron chi connectivity index (χ1n) is 10.0. The van der Waals surface area contributed by atoms with E-state index in [1.165, 1.54) is 0 Å². The van der Waals surface area contributed by atoms with E-state index in [0.717, 1.165) is 57.1 Å². The maximum absolute atomic E-state index is 12.4. The van der Waals surface area contributed by atoms with E-state index < -0.39 is 0 Å². The van der Waals surface area contributed by atoms with Crippen molar-refractivity contribution in [1.82, 2.24) is 24.6 Å². The van der Waals surface area contributed by atoms with Crippen molar-refractivity contribution < 1.29 is 0 Å². The molecular weight excluding hydrogens is 328 g/mol. The zero-order valence-corrected chi connectivity index (χ0v) is 17.0. The Kier molecular flexibility index (Phi) is 5.17. The van der Waals surface area contributed by atoms with Crippen molar-refractivity contribution in [2.24, 2.45) is 10.4 Å². The lowest BCUT2D eigenvalue weighted by Crippen LogP contribution is -2.72. The molecule has 1 N–H and O–H groups in total. The Balaban J connectivity index is 1.60. The molecule has 7 nitrogen and oxygen atoms in total. The molecule has 0 spiro atoms. The molecule has 2 aliphatic rings. The van der Waals surface area contributed by atoms with Crippen LogP contribution in [0.3, 0.4) is 0 Å². The van der Waals surface area contributed by atoms with Crippen LogP contribution < -0.4 is 11.0 Å². The van der Waals surface area contributed by atoms with Gasteiger partial charge in [0.15, 0.2) is 5.96 Å². The van der Waals surface area contributed by atoms with Gasteiger partial charge in [-0.25, -0.2) is 9.48 Å². The summed E-state index contributed by atoms with van der Waals surface area (Å²) in [5, 5.41) is 7.92. The van der Waals surface area contributed by atoms with E-state index in [0.29, 0.717) is 13.1 Å². The lowest BCUT2D eigenvalue weighted by molar-refractivity contribution is -0.0667. The fourth-order valence-electron chi connectivity index (χ4n) is 3.79. The van der Waals surface area contributed by atoms with Crippen LogP contribution >= 0.6 is 0 Å². The van der Waals surface area contributed by atoms with E-state index in [-0.39, 0.29) is 16.6 Å². The third-order valence-electron chi connectivity index (χ3n) is 6.30. The number of aromatic nitrogens is 3. The minimum Gasteiger partial charge on any atom is -0.356 e. The number of hydrogen-bond donors (Lipinski definition) is 1. The molecule has 0 bridgehead atoms. The van der Waals surface area contributed by atoms with Gasteiger partial charge in [-0.2, -0.15) is 5.10 Å². The third kappa shape index (κ3) is 3.28. The van der Waals surface area contributed by atoms with Gasteiger partial charge in [0.1, 0.15) is 5.82 Å². The van der Waals surface area contributed by atoms with Gasteiger partial charge in [-0.1, -0.05) is 13.8 Å². The first kappa shape index (κ1) is 19.0. The topological polar surface area (TPSA) is 67.5 Å². The smallest absolute Gasteiger partial charge is 0.345 e. The van der Waals surface area contributed by atoms with E-state index in [4.69, 9.17) is 4.99 Å². The van der Waals surface area contributed by atoms with Gasteiger partial charge in [-0.05, 0) is 40.0 Å². The first-order chi connectivity index (χ1) is 12.3. The van der Waals surface area contributed by atoms with Crippen molar-refractivity contribution in [3.63, 3.8) is 0 Å². The van der Waals surface area contributed by atoms with E-state index in [1.807, 2.05) is 4.57 Å². The van der Waals surface area contributed by atoms with Crippen molar-refractivity contribution in [1.29, 1.82) is 0 Å². The quantitative estimate of drug-likeness (QED) is 0.493. The molecule has 26 heavy (non-hydrogen) atoms. The standard InChI is InChI=1S/C19H34N6O/c1-6-20-16(24-14-18(2,3)19(24,4)5)21-11-9-13-25-17(26)23-12-8-7-10-15(23)22-25/h6-14H2,1-5H3,(H,20,21). The highest BCUT2D eigenvalue weighted by Gasteiger charge is 2.53. The van der Waals surface area contributed by atoms with Gasteiger partial charge in [0.05, 0.1) is 0 Å². The number of rotatable bonds is 5. The Hall–Kier alpha value is -1.79. The fraction of sp³-hybridized carbons (Fsp3) is 0.842. The molecular formula is C19H34N6O. The van der Waals surface area contributed by atoms with Crippen LogP contribution in [0.5, 0.6) is 0 Å². The molecule has 0 aliphatic carbocycles. The highest BCUT2D eigenvalue weighted by molar-refractivity contribution is 5.82. The van der Waals surface area contributed by atoms with Gasteiger partial charge in [-0.15, -0.1) is 0 Å². The van der Waals surface area contributed by atoms with Crippen molar-refractivity contribution >= 4 is 5.96 Å². The molecule has 1 aromatic rings. The van der Waals surface area contributed by atoms with Gasteiger partial charge < -0.3 is 10.2 Å². The lowest BCUT2D eigenvalue weighted by Gasteiger charge is -2.62. The van der Waals surface area contributed by atoms with E-state index >= 15 is 0 Å². The number of likely N-dealkylation sites (tertiary alicyclic amines) is 1. The van der Waals surface area contributed by atoms with E-state index in [2.05, 4.69) is 49.9 Å². The molecule has 3 heterocycles. The number of nitrogens with zero attached hydrogens (tertiary/aromatic N) is 5. The Morgan fingerprint density at radius 1 is 1.27 bits per heavy atom. The molecule has 0 aromatic carbocycles. The molecule has 1 fully saturated rings. The molecule has 7 heteroatoms. The van der Waals surface area contributed by atoms with E-state index in [9.17, 15) is 4.79 Å². The summed E-state index contributed by atoms with van der Waals surface area (Å²) in [6.07, 6.45) is 3.96. The minimum atomic E-state index is 0.0428. The first-order valence-corrected chi connectivity index (χ1v) is 10.0. The van der Waals surface area contributed by atoms with Gasteiger partial charge in [0, 0.05) is 50.1 Å². The Labute approximate surface area is 156 Å². The summed E-state index contributed by atoms with van der Waals surface area (Å²) >= 11 is 0. The average Bonchev–Trinajstić information content (AvgIpc) is 2.92. The van der Waals surface area contributed by atoms with E-state index in [1.54, 1.807) is 4.68 Å². The minimum absolute atomic E-state index is 0.0428. The third-order valence-corrected chi connectivity index (χ3v) is 6.30. The van der Waals surface area contributed by atoms with Crippen molar-refractivity contribution in [3.8, 4) is 0 Å². The lowest BCUT2D eigenvalue weighted by atomic mass is 9.65. The second-order valence-corrected chi connectivity index (χ2v) is 8.65. The fourth-order valence-corrected chi connectivity index (χ4v) is 3.79. The molecule has 1 saturated heterocycles. The monoisotopic (exact) mass is 362 g/mol. The van der Waals surface area contributed by atoms with Gasteiger partial charge in [-0.3, -0.25) is 9.56 Å².